The van der Waals surface area contributed by atoms with Crippen LogP contribution >= 0.6 is 0 Å². The van der Waals surface area contributed by atoms with Crippen molar-refractivity contribution in [3.05, 3.63) is 39.9 Å². The van der Waals surface area contributed by atoms with Crippen LogP contribution in [-0.2, 0) is 4.74 Å². The molecule has 0 aliphatic heterocycles. The summed E-state index contributed by atoms with van der Waals surface area (Å²) in [5.41, 5.74) is -2.01. The van der Waals surface area contributed by atoms with Gasteiger partial charge in [0.2, 0.25) is 0 Å². The van der Waals surface area contributed by atoms with Crippen molar-refractivity contribution < 1.29 is 9.66 Å². The van der Waals surface area contributed by atoms with Gasteiger partial charge in [-0.25, -0.2) is 0 Å². The maximum atomic E-state index is 10.8. The van der Waals surface area contributed by atoms with Crippen LogP contribution in [0, 0.1) is 43.6 Å². The van der Waals surface area contributed by atoms with Crippen LogP contribution < -0.4 is 0 Å². The fourth-order valence-electron chi connectivity index (χ4n) is 3.77. The SMILES string of the molecule is CO[C@]1(C)C(C)(C)[C@H](c2ccc([N+](=O)[O-])cc2)C1(C#N)C#N. The zero-order valence-corrected chi connectivity index (χ0v) is 13.0. The average Bonchev–Trinajstić information content (AvgIpc) is 2.51. The third-order valence-electron chi connectivity index (χ3n) is 5.33. The zero-order chi connectivity index (χ0) is 16.8. The van der Waals surface area contributed by atoms with E-state index in [0.717, 1.165) is 5.56 Å². The number of nitro groups is 1. The highest BCUT2D eigenvalue weighted by atomic mass is 16.6. The lowest BCUT2D eigenvalue weighted by atomic mass is 9.37. The van der Waals surface area contributed by atoms with Gasteiger partial charge in [-0.15, -0.1) is 0 Å². The first-order valence-electron chi connectivity index (χ1n) is 6.84. The lowest BCUT2D eigenvalue weighted by Crippen LogP contribution is -2.72. The highest BCUT2D eigenvalue weighted by Crippen LogP contribution is 2.71. The number of non-ortho nitro benzene ring substituents is 1. The molecule has 0 aromatic heterocycles. The summed E-state index contributed by atoms with van der Waals surface area (Å²) in [4.78, 5) is 10.3. The van der Waals surface area contributed by atoms with Gasteiger partial charge in [-0.2, -0.15) is 10.5 Å². The van der Waals surface area contributed by atoms with E-state index in [1.54, 1.807) is 19.1 Å². The molecule has 0 radical (unpaired) electrons. The number of hydrogen-bond acceptors (Lipinski definition) is 5. The molecular formula is C16H17N3O3. The zero-order valence-electron chi connectivity index (χ0n) is 13.0. The normalized spacial score (nSPS) is 28.0. The number of methoxy groups -OCH3 is 1. The molecule has 22 heavy (non-hydrogen) atoms. The number of nitrogens with zero attached hydrogens (tertiary/aromatic N) is 3. The molecule has 0 bridgehead atoms. The molecule has 6 nitrogen and oxygen atoms in total. The van der Waals surface area contributed by atoms with Crippen LogP contribution in [0.5, 0.6) is 0 Å². The van der Waals surface area contributed by atoms with Gasteiger partial charge < -0.3 is 4.74 Å². The molecule has 1 aliphatic rings. The summed E-state index contributed by atoms with van der Waals surface area (Å²) >= 11 is 0. The van der Waals surface area contributed by atoms with Gasteiger partial charge in [0, 0.05) is 30.6 Å². The molecule has 0 unspecified atom stereocenters. The Morgan fingerprint density at radius 3 is 2.05 bits per heavy atom. The Kier molecular flexibility index (Phi) is 3.47. The van der Waals surface area contributed by atoms with Crippen LogP contribution in [0.2, 0.25) is 0 Å². The summed E-state index contributed by atoms with van der Waals surface area (Å²) in [6.07, 6.45) is 0. The number of nitro benzene ring substituents is 1. The second-order valence-corrected chi connectivity index (χ2v) is 6.27. The monoisotopic (exact) mass is 299 g/mol. The fourth-order valence-corrected chi connectivity index (χ4v) is 3.77. The number of rotatable bonds is 3. The Balaban J connectivity index is 2.57. The van der Waals surface area contributed by atoms with Crippen LogP contribution in [0.15, 0.2) is 24.3 Å². The summed E-state index contributed by atoms with van der Waals surface area (Å²) in [5.74, 6) is -0.388. The van der Waals surface area contributed by atoms with Crippen molar-refractivity contribution in [1.82, 2.24) is 0 Å². The number of benzene rings is 1. The number of nitriles is 2. The van der Waals surface area contributed by atoms with E-state index in [4.69, 9.17) is 4.74 Å². The predicted octanol–water partition coefficient (Wildman–Crippen LogP) is 3.16. The molecule has 0 amide bonds. The lowest BCUT2D eigenvalue weighted by Gasteiger charge is -2.66. The Morgan fingerprint density at radius 2 is 1.68 bits per heavy atom. The first kappa shape index (κ1) is 15.9. The molecule has 0 N–H and O–H groups in total. The average molecular weight is 299 g/mol. The highest BCUT2D eigenvalue weighted by molar-refractivity contribution is 5.48. The van der Waals surface area contributed by atoms with Gasteiger partial charge in [-0.1, -0.05) is 26.0 Å². The molecule has 0 spiro atoms. The van der Waals surface area contributed by atoms with Gasteiger partial charge in [0.05, 0.1) is 17.1 Å². The fraction of sp³-hybridized carbons (Fsp3) is 0.500. The second-order valence-electron chi connectivity index (χ2n) is 6.27. The third kappa shape index (κ3) is 1.62. The van der Waals surface area contributed by atoms with E-state index in [1.165, 1.54) is 19.2 Å². The number of hydrogen-bond donors (Lipinski definition) is 0. The minimum atomic E-state index is -1.33. The smallest absolute Gasteiger partial charge is 0.269 e. The topological polar surface area (TPSA) is 99.9 Å². The van der Waals surface area contributed by atoms with E-state index < -0.39 is 21.4 Å². The lowest BCUT2D eigenvalue weighted by molar-refractivity contribution is -0.384. The minimum Gasteiger partial charge on any atom is -0.375 e. The maximum absolute atomic E-state index is 10.8. The summed E-state index contributed by atoms with van der Waals surface area (Å²) in [7, 11) is 1.50. The van der Waals surface area contributed by atoms with Crippen molar-refractivity contribution >= 4 is 5.69 Å². The quantitative estimate of drug-likeness (QED) is 0.630. The summed E-state index contributed by atoms with van der Waals surface area (Å²) < 4.78 is 5.55. The third-order valence-corrected chi connectivity index (χ3v) is 5.33. The molecule has 2 rings (SSSR count). The van der Waals surface area contributed by atoms with E-state index in [2.05, 4.69) is 12.1 Å². The summed E-state index contributed by atoms with van der Waals surface area (Å²) in [6, 6.07) is 10.3. The van der Waals surface area contributed by atoms with Gasteiger partial charge >= 0.3 is 0 Å². The molecular weight excluding hydrogens is 282 g/mol. The molecule has 0 saturated heterocycles. The Bertz CT molecular complexity index is 683. The van der Waals surface area contributed by atoms with E-state index >= 15 is 0 Å². The van der Waals surface area contributed by atoms with Crippen LogP contribution in [-0.4, -0.2) is 17.6 Å². The molecule has 114 valence electrons. The molecule has 1 aromatic carbocycles. The van der Waals surface area contributed by atoms with Gasteiger partial charge in [-0.3, -0.25) is 10.1 Å². The van der Waals surface area contributed by atoms with Crippen LogP contribution in [0.1, 0.15) is 32.3 Å². The van der Waals surface area contributed by atoms with Crippen molar-refractivity contribution in [1.29, 1.82) is 10.5 Å². The van der Waals surface area contributed by atoms with Gasteiger partial charge in [-0.05, 0) is 12.5 Å². The number of ether oxygens (including phenoxy) is 1. The van der Waals surface area contributed by atoms with E-state index in [0.29, 0.717) is 0 Å². The van der Waals surface area contributed by atoms with Crippen molar-refractivity contribution in [3.63, 3.8) is 0 Å². The van der Waals surface area contributed by atoms with Gasteiger partial charge in [0.15, 0.2) is 5.41 Å². The van der Waals surface area contributed by atoms with Gasteiger partial charge in [0.1, 0.15) is 5.60 Å². The maximum Gasteiger partial charge on any atom is 0.269 e. The Labute approximate surface area is 129 Å². The molecule has 6 heteroatoms. The van der Waals surface area contributed by atoms with E-state index in [1.807, 2.05) is 13.8 Å². The highest BCUT2D eigenvalue weighted by Gasteiger charge is 2.76. The van der Waals surface area contributed by atoms with Crippen molar-refractivity contribution in [2.45, 2.75) is 32.3 Å². The Morgan fingerprint density at radius 1 is 1.18 bits per heavy atom. The minimum absolute atomic E-state index is 0.0186. The van der Waals surface area contributed by atoms with Crippen molar-refractivity contribution in [3.8, 4) is 12.1 Å². The van der Waals surface area contributed by atoms with Crippen LogP contribution in [0.25, 0.3) is 0 Å². The second kappa shape index (κ2) is 4.79. The van der Waals surface area contributed by atoms with Crippen molar-refractivity contribution in [2.75, 3.05) is 7.11 Å². The Hall–Kier alpha value is -2.44. The molecule has 2 atom stereocenters. The first-order valence-corrected chi connectivity index (χ1v) is 6.84. The standard InChI is InChI=1S/C16H17N3O3/c1-14(2)13(11-5-7-12(8-6-11)19(20)21)16(9-17,10-18)15(14,3)22-4/h5-8,13H,1-4H3/t13-,15+/m0/s1. The predicted molar refractivity (Wildman–Crippen MR) is 78.7 cm³/mol. The molecule has 0 heterocycles. The van der Waals surface area contributed by atoms with Crippen LogP contribution in [0.3, 0.4) is 0 Å². The largest absolute Gasteiger partial charge is 0.375 e. The molecule has 1 aliphatic carbocycles. The summed E-state index contributed by atoms with van der Waals surface area (Å²) in [5, 5.41) is 30.1. The van der Waals surface area contributed by atoms with Gasteiger partial charge in [0.25, 0.3) is 5.69 Å². The van der Waals surface area contributed by atoms with Crippen LogP contribution in [0.4, 0.5) is 5.69 Å². The molecule has 1 saturated carbocycles. The summed E-state index contributed by atoms with van der Waals surface area (Å²) in [6.45, 7) is 5.65. The van der Waals surface area contributed by atoms with Crippen molar-refractivity contribution in [2.24, 2.45) is 10.8 Å². The van der Waals surface area contributed by atoms with E-state index in [-0.39, 0.29) is 11.6 Å². The molecule has 1 aromatic rings. The first-order chi connectivity index (χ1) is 10.2. The van der Waals surface area contributed by atoms with E-state index in [9.17, 15) is 20.6 Å². The molecule has 1 fully saturated rings.